The van der Waals surface area contributed by atoms with E-state index in [2.05, 4.69) is 44.8 Å². The quantitative estimate of drug-likeness (QED) is 0.779. The summed E-state index contributed by atoms with van der Waals surface area (Å²) in [6.07, 6.45) is 1.80. The van der Waals surface area contributed by atoms with Crippen LogP contribution in [0.25, 0.3) is 0 Å². The number of benzene rings is 1. The molecule has 0 N–H and O–H groups in total. The van der Waals surface area contributed by atoms with Gasteiger partial charge in [-0.15, -0.1) is 21.8 Å². The van der Waals surface area contributed by atoms with Crippen LogP contribution in [0.1, 0.15) is 17.0 Å². The molecule has 0 aliphatic carbocycles. The largest absolute Gasteiger partial charge is 0.362 e. The Hall–Kier alpha value is -1.55. The van der Waals surface area contributed by atoms with Gasteiger partial charge in [-0.3, -0.25) is 0 Å². The number of fused-ring (bicyclic) bond motifs is 1. The van der Waals surface area contributed by atoms with Gasteiger partial charge < -0.3 is 9.47 Å². The molecule has 0 atom stereocenters. The highest BCUT2D eigenvalue weighted by Crippen LogP contribution is 2.23. The molecule has 18 heavy (non-hydrogen) atoms. The first-order valence-electron chi connectivity index (χ1n) is 6.05. The lowest BCUT2D eigenvalue weighted by Crippen LogP contribution is -2.33. The van der Waals surface area contributed by atoms with Gasteiger partial charge in [0.1, 0.15) is 6.33 Å². The number of hydrogen-bond donors (Lipinski definition) is 0. The Morgan fingerprint density at radius 2 is 2.22 bits per heavy atom. The topological polar surface area (TPSA) is 34.0 Å². The number of rotatable bonds is 2. The molecule has 2 heterocycles. The van der Waals surface area contributed by atoms with E-state index in [1.807, 2.05) is 0 Å². The zero-order valence-electron chi connectivity index (χ0n) is 10.3. The highest BCUT2D eigenvalue weighted by Gasteiger charge is 2.17. The summed E-state index contributed by atoms with van der Waals surface area (Å²) in [7, 11) is 0. The molecular formula is C13H15ClN4. The highest BCUT2D eigenvalue weighted by molar-refractivity contribution is 6.17. The van der Waals surface area contributed by atoms with Crippen LogP contribution in [-0.2, 0) is 19.0 Å². The summed E-state index contributed by atoms with van der Waals surface area (Å²) in [5, 5.41) is 8.08. The molecule has 0 saturated heterocycles. The molecule has 1 aliphatic rings. The minimum absolute atomic E-state index is 0.570. The van der Waals surface area contributed by atoms with E-state index < -0.39 is 0 Å². The van der Waals surface area contributed by atoms with Gasteiger partial charge in [0.15, 0.2) is 5.82 Å². The number of hydrogen-bond acceptors (Lipinski definition) is 3. The van der Waals surface area contributed by atoms with Gasteiger partial charge >= 0.3 is 0 Å². The summed E-state index contributed by atoms with van der Waals surface area (Å²) in [5.41, 5.74) is 3.67. The molecule has 4 nitrogen and oxygen atoms in total. The molecule has 2 aromatic rings. The summed E-state index contributed by atoms with van der Waals surface area (Å²) in [4.78, 5) is 2.33. The maximum Gasteiger partial charge on any atom is 0.152 e. The minimum atomic E-state index is 0.570. The van der Waals surface area contributed by atoms with E-state index in [0.717, 1.165) is 25.5 Å². The van der Waals surface area contributed by atoms with Crippen LogP contribution in [0.3, 0.4) is 0 Å². The van der Waals surface area contributed by atoms with Crippen LogP contribution >= 0.6 is 11.6 Å². The normalized spacial score (nSPS) is 14.7. The molecule has 0 saturated carbocycles. The summed E-state index contributed by atoms with van der Waals surface area (Å²) >= 11 is 5.89. The standard InChI is InChI=1S/C13H15ClN4/c1-10-6-12(3-2-11(10)7-14)17-4-5-18-9-15-16-13(18)8-17/h2-3,6,9H,4-5,7-8H2,1H3. The average molecular weight is 263 g/mol. The van der Waals surface area contributed by atoms with Crippen molar-refractivity contribution in [1.29, 1.82) is 0 Å². The van der Waals surface area contributed by atoms with E-state index in [4.69, 9.17) is 11.6 Å². The monoisotopic (exact) mass is 262 g/mol. The third-order valence-corrected chi connectivity index (χ3v) is 3.76. The zero-order chi connectivity index (χ0) is 12.5. The van der Waals surface area contributed by atoms with E-state index in [1.54, 1.807) is 6.33 Å². The lowest BCUT2D eigenvalue weighted by Gasteiger charge is -2.29. The number of halogens is 1. The maximum absolute atomic E-state index is 5.89. The van der Waals surface area contributed by atoms with Gasteiger partial charge in [-0.1, -0.05) is 6.07 Å². The molecule has 1 aliphatic heterocycles. The Balaban J connectivity index is 1.86. The second-order valence-electron chi connectivity index (χ2n) is 4.61. The fraction of sp³-hybridized carbons (Fsp3) is 0.385. The van der Waals surface area contributed by atoms with Crippen molar-refractivity contribution in [2.24, 2.45) is 0 Å². The van der Waals surface area contributed by atoms with Crippen LogP contribution in [-0.4, -0.2) is 21.3 Å². The molecule has 0 spiro atoms. The molecule has 0 radical (unpaired) electrons. The van der Waals surface area contributed by atoms with E-state index >= 15 is 0 Å². The third-order valence-electron chi connectivity index (χ3n) is 3.47. The number of anilines is 1. The summed E-state index contributed by atoms with van der Waals surface area (Å²) in [5.74, 6) is 1.60. The molecule has 0 fully saturated rings. The van der Waals surface area contributed by atoms with Crippen molar-refractivity contribution in [3.05, 3.63) is 41.5 Å². The molecule has 0 bridgehead atoms. The molecule has 5 heteroatoms. The lowest BCUT2D eigenvalue weighted by molar-refractivity contribution is 0.560. The number of aryl methyl sites for hydroxylation is 1. The fourth-order valence-corrected chi connectivity index (χ4v) is 2.61. The van der Waals surface area contributed by atoms with Crippen LogP contribution in [0.2, 0.25) is 0 Å². The fourth-order valence-electron chi connectivity index (χ4n) is 2.31. The Morgan fingerprint density at radius 1 is 1.33 bits per heavy atom. The van der Waals surface area contributed by atoms with E-state index in [-0.39, 0.29) is 0 Å². The molecule has 1 aromatic carbocycles. The maximum atomic E-state index is 5.89. The molecule has 0 amide bonds. The third kappa shape index (κ3) is 1.97. The Kier molecular flexibility index (Phi) is 2.96. The van der Waals surface area contributed by atoms with Crippen molar-refractivity contribution in [1.82, 2.24) is 14.8 Å². The van der Waals surface area contributed by atoms with Crippen molar-refractivity contribution in [2.45, 2.75) is 25.9 Å². The van der Waals surface area contributed by atoms with Gasteiger partial charge in [-0.05, 0) is 30.2 Å². The second kappa shape index (κ2) is 4.61. The van der Waals surface area contributed by atoms with E-state index in [9.17, 15) is 0 Å². The van der Waals surface area contributed by atoms with Crippen LogP contribution in [0.5, 0.6) is 0 Å². The zero-order valence-corrected chi connectivity index (χ0v) is 11.1. The predicted octanol–water partition coefficient (Wildman–Crippen LogP) is 2.35. The summed E-state index contributed by atoms with van der Waals surface area (Å²) in [6.45, 7) is 4.86. The van der Waals surface area contributed by atoms with Crippen molar-refractivity contribution < 1.29 is 0 Å². The summed E-state index contributed by atoms with van der Waals surface area (Å²) < 4.78 is 2.11. The predicted molar refractivity (Wildman–Crippen MR) is 71.8 cm³/mol. The smallest absolute Gasteiger partial charge is 0.152 e. The van der Waals surface area contributed by atoms with Gasteiger partial charge in [0, 0.05) is 24.7 Å². The number of aromatic nitrogens is 3. The minimum Gasteiger partial charge on any atom is -0.362 e. The van der Waals surface area contributed by atoms with Crippen molar-refractivity contribution in [3.8, 4) is 0 Å². The molecular weight excluding hydrogens is 248 g/mol. The Morgan fingerprint density at radius 3 is 3.00 bits per heavy atom. The Labute approximate surface area is 111 Å². The SMILES string of the molecule is Cc1cc(N2CCn3cnnc3C2)ccc1CCl. The average Bonchev–Trinajstić information content (AvgIpc) is 2.85. The van der Waals surface area contributed by atoms with Gasteiger partial charge in [-0.2, -0.15) is 0 Å². The molecule has 3 rings (SSSR count). The number of alkyl halides is 1. The second-order valence-corrected chi connectivity index (χ2v) is 4.87. The van der Waals surface area contributed by atoms with E-state index in [0.29, 0.717) is 5.88 Å². The van der Waals surface area contributed by atoms with Crippen molar-refractivity contribution >= 4 is 17.3 Å². The van der Waals surface area contributed by atoms with Gasteiger partial charge in [-0.25, -0.2) is 0 Å². The van der Waals surface area contributed by atoms with Gasteiger partial charge in [0.2, 0.25) is 0 Å². The van der Waals surface area contributed by atoms with Crippen LogP contribution in [0.4, 0.5) is 5.69 Å². The van der Waals surface area contributed by atoms with Crippen molar-refractivity contribution in [2.75, 3.05) is 11.4 Å². The summed E-state index contributed by atoms with van der Waals surface area (Å²) in [6, 6.07) is 6.44. The van der Waals surface area contributed by atoms with Crippen LogP contribution in [0, 0.1) is 6.92 Å². The van der Waals surface area contributed by atoms with Gasteiger partial charge in [0.25, 0.3) is 0 Å². The van der Waals surface area contributed by atoms with Crippen LogP contribution < -0.4 is 4.90 Å². The van der Waals surface area contributed by atoms with E-state index in [1.165, 1.54) is 16.8 Å². The lowest BCUT2D eigenvalue weighted by atomic mass is 10.1. The molecule has 94 valence electrons. The number of nitrogens with zero attached hydrogens (tertiary/aromatic N) is 4. The Bertz CT molecular complexity index is 564. The molecule has 0 unspecified atom stereocenters. The highest BCUT2D eigenvalue weighted by atomic mass is 35.5. The van der Waals surface area contributed by atoms with Crippen LogP contribution in [0.15, 0.2) is 24.5 Å². The first-order chi connectivity index (χ1) is 8.78. The van der Waals surface area contributed by atoms with Gasteiger partial charge in [0.05, 0.1) is 6.54 Å². The first-order valence-corrected chi connectivity index (χ1v) is 6.58. The molecule has 1 aromatic heterocycles. The first kappa shape index (κ1) is 11.5. The van der Waals surface area contributed by atoms with Crippen molar-refractivity contribution in [3.63, 3.8) is 0 Å².